The minimum absolute atomic E-state index is 0.308. The fraction of sp³-hybridized carbons (Fsp3) is 0.222. The zero-order chi connectivity index (χ0) is 23.9. The predicted molar refractivity (Wildman–Crippen MR) is 128 cm³/mol. The lowest BCUT2D eigenvalue weighted by Gasteiger charge is -2.22. The Bertz CT molecular complexity index is 1160. The molecule has 0 saturated heterocycles. The lowest BCUT2D eigenvalue weighted by molar-refractivity contribution is -0.136. The first-order valence-electron chi connectivity index (χ1n) is 11.1. The van der Waals surface area contributed by atoms with Gasteiger partial charge in [0.05, 0.1) is 31.0 Å². The first-order chi connectivity index (χ1) is 16.6. The van der Waals surface area contributed by atoms with Crippen molar-refractivity contribution in [3.8, 4) is 11.5 Å². The summed E-state index contributed by atoms with van der Waals surface area (Å²) in [6, 6.07) is 23.6. The fourth-order valence-corrected chi connectivity index (χ4v) is 3.76. The molecule has 0 aromatic heterocycles. The summed E-state index contributed by atoms with van der Waals surface area (Å²) in [5.74, 6) is 0.417. The second kappa shape index (κ2) is 10.7. The summed E-state index contributed by atoms with van der Waals surface area (Å²) in [6.45, 7) is 2.01. The molecule has 0 spiro atoms. The molecule has 3 aromatic rings. The number of nitrogens with zero attached hydrogens (tertiary/aromatic N) is 2. The van der Waals surface area contributed by atoms with Crippen molar-refractivity contribution < 1.29 is 23.8 Å². The van der Waals surface area contributed by atoms with Crippen molar-refractivity contribution in [1.82, 2.24) is 5.01 Å². The van der Waals surface area contributed by atoms with E-state index in [2.05, 4.69) is 5.10 Å². The molecule has 7 nitrogen and oxygen atoms in total. The normalized spacial score (nSPS) is 14.9. The van der Waals surface area contributed by atoms with Gasteiger partial charge in [0, 0.05) is 6.42 Å². The van der Waals surface area contributed by atoms with E-state index in [1.165, 1.54) is 5.01 Å². The van der Waals surface area contributed by atoms with Crippen LogP contribution in [0.1, 0.15) is 40.9 Å². The first kappa shape index (κ1) is 23.0. The third kappa shape index (κ3) is 5.26. The van der Waals surface area contributed by atoms with Gasteiger partial charge < -0.3 is 14.2 Å². The zero-order valence-electron chi connectivity index (χ0n) is 19.1. The van der Waals surface area contributed by atoms with Gasteiger partial charge in [-0.05, 0) is 54.4 Å². The van der Waals surface area contributed by atoms with Crippen molar-refractivity contribution >= 4 is 17.6 Å². The maximum atomic E-state index is 13.1. The molecule has 1 aliphatic heterocycles. The molecule has 0 fully saturated rings. The molecule has 0 aliphatic carbocycles. The summed E-state index contributed by atoms with van der Waals surface area (Å²) < 4.78 is 15.9. The van der Waals surface area contributed by atoms with E-state index in [0.717, 1.165) is 22.6 Å². The number of esters is 1. The van der Waals surface area contributed by atoms with Crippen LogP contribution in [0.3, 0.4) is 0 Å². The Morgan fingerprint density at radius 1 is 0.941 bits per heavy atom. The first-order valence-corrected chi connectivity index (χ1v) is 11.1. The molecule has 1 atom stereocenters. The third-order valence-electron chi connectivity index (χ3n) is 5.50. The molecule has 1 heterocycles. The van der Waals surface area contributed by atoms with Crippen LogP contribution in [0.5, 0.6) is 11.5 Å². The molecular weight excluding hydrogens is 432 g/mol. The summed E-state index contributed by atoms with van der Waals surface area (Å²) in [5, 5.41) is 6.02. The van der Waals surface area contributed by atoms with Crippen LogP contribution in [0, 0.1) is 0 Å². The van der Waals surface area contributed by atoms with Crippen molar-refractivity contribution in [3.05, 3.63) is 95.6 Å². The molecule has 1 amide bonds. The molecule has 174 valence electrons. The Hall–Kier alpha value is -4.13. The van der Waals surface area contributed by atoms with Crippen molar-refractivity contribution in [2.75, 3.05) is 20.3 Å². The number of ether oxygens (including phenoxy) is 3. The number of rotatable bonds is 8. The van der Waals surface area contributed by atoms with Gasteiger partial charge in [-0.1, -0.05) is 42.5 Å². The lowest BCUT2D eigenvalue weighted by atomic mass is 9.98. The molecule has 4 rings (SSSR count). The van der Waals surface area contributed by atoms with Crippen molar-refractivity contribution in [1.29, 1.82) is 0 Å². The van der Waals surface area contributed by atoms with Crippen molar-refractivity contribution in [2.45, 2.75) is 19.4 Å². The van der Waals surface area contributed by atoms with E-state index < -0.39 is 18.5 Å². The average molecular weight is 459 g/mol. The van der Waals surface area contributed by atoms with E-state index in [1.807, 2.05) is 61.5 Å². The van der Waals surface area contributed by atoms with E-state index in [1.54, 1.807) is 31.4 Å². The van der Waals surface area contributed by atoms with E-state index >= 15 is 0 Å². The van der Waals surface area contributed by atoms with Crippen LogP contribution in [-0.2, 0) is 9.53 Å². The molecule has 0 radical (unpaired) electrons. The number of hydrazone groups is 1. The lowest BCUT2D eigenvalue weighted by Crippen LogP contribution is -2.31. The second-order valence-corrected chi connectivity index (χ2v) is 7.68. The molecule has 0 saturated carbocycles. The Labute approximate surface area is 198 Å². The standard InChI is InChI=1S/C27H26N2O5/c1-3-33-23-15-11-21(12-16-23)27(31)34-18-26(30)29-25(20-9-13-22(32-2)14-10-20)17-24(28-29)19-7-5-4-6-8-19/h4-16,25H,3,17-18H2,1-2H3. The molecule has 0 N–H and O–H groups in total. The Kier molecular flexibility index (Phi) is 7.22. The average Bonchev–Trinajstić information content (AvgIpc) is 3.34. The van der Waals surface area contributed by atoms with Crippen molar-refractivity contribution in [2.24, 2.45) is 5.10 Å². The Balaban J connectivity index is 1.49. The number of hydrogen-bond acceptors (Lipinski definition) is 6. The van der Waals surface area contributed by atoms with Gasteiger partial charge in [-0.2, -0.15) is 5.10 Å². The number of carbonyl (C=O) groups is 2. The number of methoxy groups -OCH3 is 1. The minimum Gasteiger partial charge on any atom is -0.497 e. The number of benzene rings is 3. The molecular formula is C27H26N2O5. The topological polar surface area (TPSA) is 77.4 Å². The highest BCUT2D eigenvalue weighted by molar-refractivity contribution is 6.03. The van der Waals surface area contributed by atoms with Gasteiger partial charge in [-0.3, -0.25) is 4.79 Å². The summed E-state index contributed by atoms with van der Waals surface area (Å²) in [4.78, 5) is 25.6. The highest BCUT2D eigenvalue weighted by Crippen LogP contribution is 2.33. The second-order valence-electron chi connectivity index (χ2n) is 7.68. The van der Waals surface area contributed by atoms with Crippen LogP contribution in [0.2, 0.25) is 0 Å². The van der Waals surface area contributed by atoms with E-state index in [9.17, 15) is 9.59 Å². The van der Waals surface area contributed by atoms with Gasteiger partial charge in [0.2, 0.25) is 0 Å². The monoisotopic (exact) mass is 458 g/mol. The molecule has 1 unspecified atom stereocenters. The van der Waals surface area contributed by atoms with Gasteiger partial charge in [0.15, 0.2) is 6.61 Å². The van der Waals surface area contributed by atoms with Gasteiger partial charge in [0.25, 0.3) is 5.91 Å². The summed E-state index contributed by atoms with van der Waals surface area (Å²) in [6.07, 6.45) is 0.551. The largest absolute Gasteiger partial charge is 0.497 e. The maximum absolute atomic E-state index is 13.1. The maximum Gasteiger partial charge on any atom is 0.338 e. The van der Waals surface area contributed by atoms with Gasteiger partial charge in [-0.25, -0.2) is 9.80 Å². The van der Waals surface area contributed by atoms with Gasteiger partial charge >= 0.3 is 5.97 Å². The van der Waals surface area contributed by atoms with E-state index in [0.29, 0.717) is 24.3 Å². The zero-order valence-corrected chi connectivity index (χ0v) is 19.1. The summed E-state index contributed by atoms with van der Waals surface area (Å²) in [5.41, 5.74) is 3.01. The Morgan fingerprint density at radius 2 is 1.62 bits per heavy atom. The van der Waals surface area contributed by atoms with Crippen LogP contribution in [0.15, 0.2) is 84.0 Å². The minimum atomic E-state index is -0.580. The van der Waals surface area contributed by atoms with Crippen LogP contribution in [-0.4, -0.2) is 42.9 Å². The smallest absolute Gasteiger partial charge is 0.338 e. The van der Waals surface area contributed by atoms with Gasteiger partial charge in [0.1, 0.15) is 11.5 Å². The highest BCUT2D eigenvalue weighted by Gasteiger charge is 2.33. The number of hydrogen-bond donors (Lipinski definition) is 0. The number of amides is 1. The fourth-order valence-electron chi connectivity index (χ4n) is 3.76. The Morgan fingerprint density at radius 3 is 2.26 bits per heavy atom. The van der Waals surface area contributed by atoms with Crippen LogP contribution in [0.25, 0.3) is 0 Å². The van der Waals surface area contributed by atoms with Gasteiger partial charge in [-0.15, -0.1) is 0 Å². The third-order valence-corrected chi connectivity index (χ3v) is 5.50. The summed E-state index contributed by atoms with van der Waals surface area (Å²) in [7, 11) is 1.61. The number of carbonyl (C=O) groups excluding carboxylic acids is 2. The predicted octanol–water partition coefficient (Wildman–Crippen LogP) is 4.63. The summed E-state index contributed by atoms with van der Waals surface area (Å²) >= 11 is 0. The molecule has 34 heavy (non-hydrogen) atoms. The van der Waals surface area contributed by atoms with Crippen LogP contribution >= 0.6 is 0 Å². The highest BCUT2D eigenvalue weighted by atomic mass is 16.5. The van der Waals surface area contributed by atoms with Crippen LogP contribution in [0.4, 0.5) is 0 Å². The molecule has 0 bridgehead atoms. The van der Waals surface area contributed by atoms with E-state index in [4.69, 9.17) is 14.2 Å². The molecule has 1 aliphatic rings. The quantitative estimate of drug-likeness (QED) is 0.460. The molecule has 3 aromatic carbocycles. The molecule has 7 heteroatoms. The van der Waals surface area contributed by atoms with Crippen molar-refractivity contribution in [3.63, 3.8) is 0 Å². The SMILES string of the molecule is CCOc1ccc(C(=O)OCC(=O)N2N=C(c3ccccc3)CC2c2ccc(OC)cc2)cc1. The van der Waals surface area contributed by atoms with Crippen LogP contribution < -0.4 is 9.47 Å². The van der Waals surface area contributed by atoms with E-state index in [-0.39, 0.29) is 6.04 Å².